The molecule has 0 saturated heterocycles. The van der Waals surface area contributed by atoms with E-state index in [1.54, 1.807) is 7.05 Å². The Hall–Kier alpha value is -2.01. The van der Waals surface area contributed by atoms with Crippen LogP contribution in [0.5, 0.6) is 0 Å². The second kappa shape index (κ2) is 7.26. The normalized spacial score (nSPS) is 16.6. The third kappa shape index (κ3) is 3.73. The second-order valence-corrected chi connectivity index (χ2v) is 6.70. The maximum absolute atomic E-state index is 5.94. The molecule has 1 heterocycles. The van der Waals surface area contributed by atoms with Gasteiger partial charge in [0.2, 0.25) is 0 Å². The monoisotopic (exact) mass is 328 g/mol. The number of aryl methyl sites for hydroxylation is 1. The van der Waals surface area contributed by atoms with E-state index in [9.17, 15) is 0 Å². The van der Waals surface area contributed by atoms with Crippen LogP contribution in [0.4, 0.5) is 0 Å². The van der Waals surface area contributed by atoms with Crippen LogP contribution in [-0.4, -0.2) is 43.6 Å². The summed E-state index contributed by atoms with van der Waals surface area (Å²) in [6, 6.07) is 9.41. The molecule has 1 unspecified atom stereocenters. The van der Waals surface area contributed by atoms with Gasteiger partial charge in [0, 0.05) is 36.6 Å². The summed E-state index contributed by atoms with van der Waals surface area (Å²) in [5.41, 5.74) is 2.13. The first-order valence-electron chi connectivity index (χ1n) is 8.73. The SMILES string of the molecule is CN=C(NCc1oc2ccccc2c1C)NCC(C)N(C)C1CC1. The Kier molecular flexibility index (Phi) is 5.09. The lowest BCUT2D eigenvalue weighted by molar-refractivity contribution is 0.247. The molecule has 1 aliphatic carbocycles. The molecule has 5 heteroatoms. The van der Waals surface area contributed by atoms with Gasteiger partial charge in [0.05, 0.1) is 6.54 Å². The summed E-state index contributed by atoms with van der Waals surface area (Å²) in [5, 5.41) is 7.94. The zero-order valence-electron chi connectivity index (χ0n) is 15.1. The van der Waals surface area contributed by atoms with Crippen LogP contribution in [0.25, 0.3) is 11.0 Å². The van der Waals surface area contributed by atoms with Crippen LogP contribution in [0.1, 0.15) is 31.1 Å². The number of hydrogen-bond acceptors (Lipinski definition) is 3. The van der Waals surface area contributed by atoms with Gasteiger partial charge in [-0.3, -0.25) is 9.89 Å². The smallest absolute Gasteiger partial charge is 0.191 e. The minimum Gasteiger partial charge on any atom is -0.459 e. The molecule has 0 amide bonds. The van der Waals surface area contributed by atoms with Crippen LogP contribution in [0.15, 0.2) is 33.7 Å². The van der Waals surface area contributed by atoms with Crippen molar-refractivity contribution in [2.45, 2.75) is 45.3 Å². The van der Waals surface area contributed by atoms with Gasteiger partial charge in [-0.1, -0.05) is 18.2 Å². The number of benzene rings is 1. The van der Waals surface area contributed by atoms with E-state index in [-0.39, 0.29) is 0 Å². The molecule has 0 spiro atoms. The number of fused-ring (bicyclic) bond motifs is 1. The van der Waals surface area contributed by atoms with Crippen LogP contribution in [0, 0.1) is 6.92 Å². The van der Waals surface area contributed by atoms with Crippen molar-refractivity contribution in [3.63, 3.8) is 0 Å². The molecule has 0 bridgehead atoms. The van der Waals surface area contributed by atoms with Crippen molar-refractivity contribution >= 4 is 16.9 Å². The second-order valence-electron chi connectivity index (χ2n) is 6.70. The maximum Gasteiger partial charge on any atom is 0.191 e. The molecule has 130 valence electrons. The van der Waals surface area contributed by atoms with E-state index in [1.165, 1.54) is 23.8 Å². The highest BCUT2D eigenvalue weighted by Crippen LogP contribution is 2.26. The summed E-state index contributed by atoms with van der Waals surface area (Å²) in [6.07, 6.45) is 2.66. The van der Waals surface area contributed by atoms with Crippen molar-refractivity contribution in [3.8, 4) is 0 Å². The van der Waals surface area contributed by atoms with Gasteiger partial charge >= 0.3 is 0 Å². The third-order valence-corrected chi connectivity index (χ3v) is 4.97. The number of nitrogens with one attached hydrogen (secondary N) is 2. The first-order valence-corrected chi connectivity index (χ1v) is 8.73. The molecule has 2 aromatic rings. The fraction of sp³-hybridized carbons (Fsp3) is 0.526. The first kappa shape index (κ1) is 16.8. The number of hydrogen-bond donors (Lipinski definition) is 2. The van der Waals surface area contributed by atoms with Crippen molar-refractivity contribution < 1.29 is 4.42 Å². The molecule has 1 atom stereocenters. The van der Waals surface area contributed by atoms with Gasteiger partial charge in [0.1, 0.15) is 11.3 Å². The molecule has 1 aliphatic rings. The van der Waals surface area contributed by atoms with Gasteiger partial charge in [-0.15, -0.1) is 0 Å². The van der Waals surface area contributed by atoms with E-state index in [4.69, 9.17) is 4.42 Å². The molecule has 1 aromatic heterocycles. The van der Waals surface area contributed by atoms with Gasteiger partial charge in [-0.25, -0.2) is 0 Å². The number of aliphatic imine (C=N–C) groups is 1. The lowest BCUT2D eigenvalue weighted by Gasteiger charge is -2.25. The number of nitrogens with zero attached hydrogens (tertiary/aromatic N) is 2. The summed E-state index contributed by atoms with van der Waals surface area (Å²) in [4.78, 5) is 6.76. The molecule has 24 heavy (non-hydrogen) atoms. The zero-order valence-corrected chi connectivity index (χ0v) is 15.1. The van der Waals surface area contributed by atoms with E-state index in [1.807, 2.05) is 18.2 Å². The highest BCUT2D eigenvalue weighted by molar-refractivity contribution is 5.82. The van der Waals surface area contributed by atoms with E-state index < -0.39 is 0 Å². The van der Waals surface area contributed by atoms with Crippen molar-refractivity contribution in [2.75, 3.05) is 20.6 Å². The Morgan fingerprint density at radius 2 is 2.08 bits per heavy atom. The molecule has 0 radical (unpaired) electrons. The van der Waals surface area contributed by atoms with E-state index in [0.717, 1.165) is 29.9 Å². The highest BCUT2D eigenvalue weighted by Gasteiger charge is 2.28. The molecule has 1 saturated carbocycles. The average Bonchev–Trinajstić information content (AvgIpc) is 3.40. The predicted molar refractivity (Wildman–Crippen MR) is 99.4 cm³/mol. The lowest BCUT2D eigenvalue weighted by Crippen LogP contribution is -2.45. The molecule has 1 aromatic carbocycles. The maximum atomic E-state index is 5.94. The standard InChI is InChI=1S/C19H28N4O/c1-13(23(4)15-9-10-15)11-21-19(20-3)22-12-18-14(2)16-7-5-6-8-17(16)24-18/h5-8,13,15H,9-12H2,1-4H3,(H2,20,21,22). The third-order valence-electron chi connectivity index (χ3n) is 4.97. The van der Waals surface area contributed by atoms with Gasteiger partial charge in [-0.2, -0.15) is 0 Å². The number of para-hydroxylation sites is 1. The van der Waals surface area contributed by atoms with Crippen molar-refractivity contribution in [1.82, 2.24) is 15.5 Å². The van der Waals surface area contributed by atoms with Crippen LogP contribution >= 0.6 is 0 Å². The average molecular weight is 328 g/mol. The van der Waals surface area contributed by atoms with Gasteiger partial charge in [0.25, 0.3) is 0 Å². The summed E-state index contributed by atoms with van der Waals surface area (Å²) < 4.78 is 5.94. The van der Waals surface area contributed by atoms with Crippen molar-refractivity contribution in [3.05, 3.63) is 35.6 Å². The van der Waals surface area contributed by atoms with Gasteiger partial charge in [-0.05, 0) is 39.8 Å². The topological polar surface area (TPSA) is 52.8 Å². The zero-order chi connectivity index (χ0) is 17.1. The Labute approximate surface area is 144 Å². The Morgan fingerprint density at radius 1 is 1.33 bits per heavy atom. The molecule has 3 rings (SSSR count). The van der Waals surface area contributed by atoms with Crippen molar-refractivity contribution in [2.24, 2.45) is 4.99 Å². The molecule has 1 fully saturated rings. The predicted octanol–water partition coefficient (Wildman–Crippen LogP) is 2.89. The Bertz CT molecular complexity index is 717. The lowest BCUT2D eigenvalue weighted by atomic mass is 10.1. The Morgan fingerprint density at radius 3 is 2.75 bits per heavy atom. The summed E-state index contributed by atoms with van der Waals surface area (Å²) >= 11 is 0. The number of furan rings is 1. The molecule has 2 N–H and O–H groups in total. The highest BCUT2D eigenvalue weighted by atomic mass is 16.3. The summed E-state index contributed by atoms with van der Waals surface area (Å²) in [7, 11) is 4.01. The number of guanidine groups is 1. The largest absolute Gasteiger partial charge is 0.459 e. The van der Waals surface area contributed by atoms with E-state index in [0.29, 0.717) is 12.6 Å². The Balaban J connectivity index is 1.54. The van der Waals surface area contributed by atoms with Crippen LogP contribution in [-0.2, 0) is 6.54 Å². The van der Waals surface area contributed by atoms with Crippen LogP contribution in [0.2, 0.25) is 0 Å². The van der Waals surface area contributed by atoms with Crippen LogP contribution in [0.3, 0.4) is 0 Å². The minimum absolute atomic E-state index is 0.490. The minimum atomic E-state index is 0.490. The quantitative estimate of drug-likeness (QED) is 0.632. The molecular formula is C19H28N4O. The van der Waals surface area contributed by atoms with Crippen LogP contribution < -0.4 is 10.6 Å². The fourth-order valence-electron chi connectivity index (χ4n) is 3.01. The first-order chi connectivity index (χ1) is 11.6. The van der Waals surface area contributed by atoms with Crippen molar-refractivity contribution in [1.29, 1.82) is 0 Å². The summed E-state index contributed by atoms with van der Waals surface area (Å²) in [5.74, 6) is 1.77. The van der Waals surface area contributed by atoms with E-state index in [2.05, 4.69) is 47.5 Å². The number of rotatable bonds is 6. The number of likely N-dealkylation sites (N-methyl/N-ethyl adjacent to an activating group) is 1. The molecule has 0 aliphatic heterocycles. The van der Waals surface area contributed by atoms with E-state index >= 15 is 0 Å². The molecule has 5 nitrogen and oxygen atoms in total. The van der Waals surface area contributed by atoms with Gasteiger partial charge in [0.15, 0.2) is 5.96 Å². The van der Waals surface area contributed by atoms with Gasteiger partial charge < -0.3 is 15.1 Å². The fourth-order valence-corrected chi connectivity index (χ4v) is 3.01. The molecular weight excluding hydrogens is 300 g/mol. The summed E-state index contributed by atoms with van der Waals surface area (Å²) in [6.45, 7) is 5.87.